The number of hydrogen-bond donors (Lipinski definition) is 1. The van der Waals surface area contributed by atoms with Crippen molar-refractivity contribution in [3.63, 3.8) is 0 Å². The maximum Gasteiger partial charge on any atom is 0.223 e. The molecule has 0 spiro atoms. The summed E-state index contributed by atoms with van der Waals surface area (Å²) >= 11 is 0. The van der Waals surface area contributed by atoms with Crippen LogP contribution in [0.1, 0.15) is 34.3 Å². The lowest BCUT2D eigenvalue weighted by Gasteiger charge is -2.07. The molecule has 0 aromatic heterocycles. The minimum absolute atomic E-state index is 0.0168. The Morgan fingerprint density at radius 2 is 2.00 bits per heavy atom. The Kier molecular flexibility index (Phi) is 3.27. The molecule has 3 heteroatoms. The van der Waals surface area contributed by atoms with Gasteiger partial charge in [-0.25, -0.2) is 0 Å². The number of rotatable bonds is 4. The summed E-state index contributed by atoms with van der Waals surface area (Å²) in [5.41, 5.74) is 2.81. The highest BCUT2D eigenvalue weighted by Crippen LogP contribution is 2.28. The van der Waals surface area contributed by atoms with Crippen LogP contribution in [-0.4, -0.2) is 18.2 Å². The summed E-state index contributed by atoms with van der Waals surface area (Å²) in [6.45, 7) is 4.03. The molecule has 1 aromatic carbocycles. The van der Waals surface area contributed by atoms with Gasteiger partial charge < -0.3 is 5.32 Å². The Morgan fingerprint density at radius 3 is 2.59 bits per heavy atom. The topological polar surface area (TPSA) is 46.2 Å². The second-order valence-electron chi connectivity index (χ2n) is 4.73. The SMILES string of the molecule is Cc1ccc(C(=O)CNC(=O)C2CC2)c(C)c1. The molecule has 2 rings (SSSR count). The van der Waals surface area contributed by atoms with E-state index in [9.17, 15) is 9.59 Å². The van der Waals surface area contributed by atoms with Crippen LogP contribution in [0.2, 0.25) is 0 Å². The molecule has 17 heavy (non-hydrogen) atoms. The summed E-state index contributed by atoms with van der Waals surface area (Å²) in [5.74, 6) is 0.154. The minimum Gasteiger partial charge on any atom is -0.348 e. The van der Waals surface area contributed by atoms with E-state index in [-0.39, 0.29) is 24.2 Å². The molecule has 0 bridgehead atoms. The normalized spacial score (nSPS) is 14.5. The number of nitrogens with one attached hydrogen (secondary N) is 1. The molecule has 1 aliphatic rings. The van der Waals surface area contributed by atoms with E-state index in [2.05, 4.69) is 5.32 Å². The van der Waals surface area contributed by atoms with Gasteiger partial charge >= 0.3 is 0 Å². The molecule has 3 nitrogen and oxygen atoms in total. The van der Waals surface area contributed by atoms with Crippen molar-refractivity contribution in [3.05, 3.63) is 34.9 Å². The van der Waals surface area contributed by atoms with Crippen molar-refractivity contribution in [2.45, 2.75) is 26.7 Å². The van der Waals surface area contributed by atoms with Crippen LogP contribution in [0.15, 0.2) is 18.2 Å². The van der Waals surface area contributed by atoms with Crippen molar-refractivity contribution in [1.82, 2.24) is 5.32 Å². The molecule has 90 valence electrons. The van der Waals surface area contributed by atoms with Gasteiger partial charge in [0, 0.05) is 11.5 Å². The van der Waals surface area contributed by atoms with E-state index in [1.807, 2.05) is 32.0 Å². The van der Waals surface area contributed by atoms with E-state index in [0.29, 0.717) is 5.56 Å². The van der Waals surface area contributed by atoms with Crippen molar-refractivity contribution < 1.29 is 9.59 Å². The molecule has 1 amide bonds. The zero-order valence-electron chi connectivity index (χ0n) is 10.2. The average Bonchev–Trinajstić information content (AvgIpc) is 3.09. The lowest BCUT2D eigenvalue weighted by atomic mass is 10.0. The largest absolute Gasteiger partial charge is 0.348 e. The Balaban J connectivity index is 1.96. The first kappa shape index (κ1) is 11.8. The van der Waals surface area contributed by atoms with Gasteiger partial charge in [-0.2, -0.15) is 0 Å². The molecule has 0 aliphatic heterocycles. The van der Waals surface area contributed by atoms with Crippen LogP contribution >= 0.6 is 0 Å². The number of carbonyl (C=O) groups is 2. The van der Waals surface area contributed by atoms with Gasteiger partial charge in [0.15, 0.2) is 5.78 Å². The molecule has 1 aliphatic carbocycles. The van der Waals surface area contributed by atoms with Gasteiger partial charge in [0.25, 0.3) is 0 Å². The number of hydrogen-bond acceptors (Lipinski definition) is 2. The molecule has 0 saturated heterocycles. The van der Waals surface area contributed by atoms with Gasteiger partial charge in [0.1, 0.15) is 0 Å². The molecule has 0 heterocycles. The lowest BCUT2D eigenvalue weighted by molar-refractivity contribution is -0.122. The van der Waals surface area contributed by atoms with Gasteiger partial charge in [-0.15, -0.1) is 0 Å². The summed E-state index contributed by atoms with van der Waals surface area (Å²) in [6.07, 6.45) is 1.92. The van der Waals surface area contributed by atoms with E-state index >= 15 is 0 Å². The first-order valence-corrected chi connectivity index (χ1v) is 5.96. The summed E-state index contributed by atoms with van der Waals surface area (Å²) in [4.78, 5) is 23.3. The Labute approximate surface area is 101 Å². The highest BCUT2D eigenvalue weighted by atomic mass is 16.2. The number of amides is 1. The summed E-state index contributed by atoms with van der Waals surface area (Å²) in [6, 6.07) is 5.73. The van der Waals surface area contributed by atoms with Crippen LogP contribution < -0.4 is 5.32 Å². The van der Waals surface area contributed by atoms with E-state index < -0.39 is 0 Å². The van der Waals surface area contributed by atoms with Crippen LogP contribution in [0.25, 0.3) is 0 Å². The number of benzene rings is 1. The van der Waals surface area contributed by atoms with Gasteiger partial charge in [0.05, 0.1) is 6.54 Å². The molecule has 1 aromatic rings. The highest BCUT2D eigenvalue weighted by Gasteiger charge is 2.29. The zero-order valence-corrected chi connectivity index (χ0v) is 10.2. The number of aryl methyl sites for hydroxylation is 2. The highest BCUT2D eigenvalue weighted by molar-refractivity contribution is 6.00. The molecule has 0 radical (unpaired) electrons. The first-order valence-electron chi connectivity index (χ1n) is 5.96. The molecular weight excluding hydrogens is 214 g/mol. The van der Waals surface area contributed by atoms with Crippen LogP contribution in [0.3, 0.4) is 0 Å². The second-order valence-corrected chi connectivity index (χ2v) is 4.73. The predicted molar refractivity (Wildman–Crippen MR) is 66.0 cm³/mol. The van der Waals surface area contributed by atoms with Gasteiger partial charge in [-0.1, -0.05) is 23.8 Å². The minimum atomic E-state index is -0.0171. The van der Waals surface area contributed by atoms with Crippen molar-refractivity contribution in [2.75, 3.05) is 6.54 Å². The summed E-state index contributed by atoms with van der Waals surface area (Å²) in [5, 5.41) is 2.70. The molecule has 1 fully saturated rings. The fourth-order valence-corrected chi connectivity index (χ4v) is 1.88. The van der Waals surface area contributed by atoms with Gasteiger partial charge in [-0.3, -0.25) is 9.59 Å². The zero-order chi connectivity index (χ0) is 12.4. The first-order chi connectivity index (χ1) is 8.08. The fourth-order valence-electron chi connectivity index (χ4n) is 1.88. The summed E-state index contributed by atoms with van der Waals surface area (Å²) < 4.78 is 0. The third-order valence-electron chi connectivity index (χ3n) is 3.05. The number of ketones is 1. The van der Waals surface area contributed by atoms with Crippen LogP contribution in [0.5, 0.6) is 0 Å². The van der Waals surface area contributed by atoms with Crippen LogP contribution in [-0.2, 0) is 4.79 Å². The van der Waals surface area contributed by atoms with Crippen molar-refractivity contribution >= 4 is 11.7 Å². The molecule has 0 unspecified atom stereocenters. The van der Waals surface area contributed by atoms with Gasteiger partial charge in [0.2, 0.25) is 5.91 Å². The van der Waals surface area contributed by atoms with Gasteiger partial charge in [-0.05, 0) is 32.3 Å². The molecule has 1 N–H and O–H groups in total. The van der Waals surface area contributed by atoms with E-state index in [4.69, 9.17) is 0 Å². The van der Waals surface area contributed by atoms with E-state index in [0.717, 1.165) is 24.0 Å². The van der Waals surface area contributed by atoms with Crippen molar-refractivity contribution in [3.8, 4) is 0 Å². The summed E-state index contributed by atoms with van der Waals surface area (Å²) in [7, 11) is 0. The van der Waals surface area contributed by atoms with Crippen LogP contribution in [0.4, 0.5) is 0 Å². The fraction of sp³-hybridized carbons (Fsp3) is 0.429. The third kappa shape index (κ3) is 2.93. The Bertz CT molecular complexity index is 461. The van der Waals surface area contributed by atoms with Crippen LogP contribution in [0, 0.1) is 19.8 Å². The second kappa shape index (κ2) is 4.70. The quantitative estimate of drug-likeness (QED) is 0.806. The Hall–Kier alpha value is -1.64. The maximum absolute atomic E-state index is 11.9. The lowest BCUT2D eigenvalue weighted by Crippen LogP contribution is -2.30. The predicted octanol–water partition coefficient (Wildman–Crippen LogP) is 2.01. The third-order valence-corrected chi connectivity index (χ3v) is 3.05. The van der Waals surface area contributed by atoms with Crippen molar-refractivity contribution in [1.29, 1.82) is 0 Å². The number of Topliss-reactive ketones (excluding diaryl/α,β-unsaturated/α-hetero) is 1. The standard InChI is InChI=1S/C14H17NO2/c1-9-3-6-12(10(2)7-9)13(16)8-15-14(17)11-4-5-11/h3,6-7,11H,4-5,8H2,1-2H3,(H,15,17). The molecule has 0 atom stereocenters. The van der Waals surface area contributed by atoms with E-state index in [1.54, 1.807) is 0 Å². The maximum atomic E-state index is 11.9. The van der Waals surface area contributed by atoms with Crippen molar-refractivity contribution in [2.24, 2.45) is 5.92 Å². The number of carbonyl (C=O) groups excluding carboxylic acids is 2. The smallest absolute Gasteiger partial charge is 0.223 e. The Morgan fingerprint density at radius 1 is 1.29 bits per heavy atom. The average molecular weight is 231 g/mol. The molecular formula is C14H17NO2. The molecule has 1 saturated carbocycles. The monoisotopic (exact) mass is 231 g/mol. The van der Waals surface area contributed by atoms with E-state index in [1.165, 1.54) is 0 Å².